The van der Waals surface area contributed by atoms with Gasteiger partial charge in [0, 0.05) is 38.9 Å². The van der Waals surface area contributed by atoms with Gasteiger partial charge in [-0.1, -0.05) is 25.2 Å². The highest BCUT2D eigenvalue weighted by atomic mass is 32.1. The summed E-state index contributed by atoms with van der Waals surface area (Å²) < 4.78 is 0. The van der Waals surface area contributed by atoms with Gasteiger partial charge in [-0.05, 0) is 12.8 Å². The highest BCUT2D eigenvalue weighted by Gasteiger charge is 2.20. The fraction of sp³-hybridized carbons (Fsp3) is 0.769. The molecule has 1 saturated heterocycles. The summed E-state index contributed by atoms with van der Waals surface area (Å²) >= 11 is 1.61. The van der Waals surface area contributed by atoms with Crippen molar-refractivity contribution in [1.29, 1.82) is 0 Å². The number of aliphatic hydroxyl groups is 1. The first-order chi connectivity index (χ1) is 8.56. The van der Waals surface area contributed by atoms with E-state index >= 15 is 0 Å². The number of hydrogen-bond donors (Lipinski definition) is 1. The van der Waals surface area contributed by atoms with Crippen LogP contribution in [0, 0.1) is 5.92 Å². The van der Waals surface area contributed by atoms with Gasteiger partial charge in [-0.25, -0.2) is 4.98 Å². The van der Waals surface area contributed by atoms with Crippen LogP contribution in [0.1, 0.15) is 31.8 Å². The lowest BCUT2D eigenvalue weighted by molar-refractivity contribution is 0.203. The van der Waals surface area contributed by atoms with E-state index in [9.17, 15) is 5.11 Å². The van der Waals surface area contributed by atoms with Crippen molar-refractivity contribution in [2.75, 3.05) is 37.6 Å². The normalized spacial score (nSPS) is 19.5. The van der Waals surface area contributed by atoms with Gasteiger partial charge in [0.15, 0.2) is 5.13 Å². The molecule has 2 heterocycles. The van der Waals surface area contributed by atoms with Crippen molar-refractivity contribution >= 4 is 16.5 Å². The first kappa shape index (κ1) is 13.8. The Kier molecular flexibility index (Phi) is 4.59. The van der Waals surface area contributed by atoms with Gasteiger partial charge in [-0.3, -0.25) is 4.90 Å². The smallest absolute Gasteiger partial charge is 0.185 e. The molecule has 1 unspecified atom stereocenters. The van der Waals surface area contributed by atoms with Crippen LogP contribution in [0.4, 0.5) is 5.13 Å². The maximum Gasteiger partial charge on any atom is 0.185 e. The van der Waals surface area contributed by atoms with Crippen molar-refractivity contribution < 1.29 is 5.11 Å². The van der Waals surface area contributed by atoms with Gasteiger partial charge in [-0.2, -0.15) is 0 Å². The molecule has 18 heavy (non-hydrogen) atoms. The standard InChI is InChI=1S/C13H23N3OS/c1-10(2)9-15-4-6-16(7-5-15)13-14-8-12(18-13)11(3)17/h8,10-11,17H,4-7,9H2,1-3H3. The lowest BCUT2D eigenvalue weighted by atomic mass is 10.2. The fourth-order valence-corrected chi connectivity index (χ4v) is 3.16. The average Bonchev–Trinajstić information content (AvgIpc) is 2.78. The molecular formula is C13H23N3OS. The first-order valence-electron chi connectivity index (χ1n) is 6.67. The predicted octanol–water partition coefficient (Wildman–Crippen LogP) is 1.97. The Morgan fingerprint density at radius 2 is 1.94 bits per heavy atom. The zero-order valence-corrected chi connectivity index (χ0v) is 12.3. The van der Waals surface area contributed by atoms with Gasteiger partial charge < -0.3 is 10.0 Å². The van der Waals surface area contributed by atoms with Gasteiger partial charge in [0.25, 0.3) is 0 Å². The Morgan fingerprint density at radius 1 is 1.28 bits per heavy atom. The predicted molar refractivity (Wildman–Crippen MR) is 76.2 cm³/mol. The Hall–Kier alpha value is -0.650. The largest absolute Gasteiger partial charge is 0.388 e. The van der Waals surface area contributed by atoms with E-state index in [4.69, 9.17) is 0 Å². The number of piperazine rings is 1. The summed E-state index contributed by atoms with van der Waals surface area (Å²) in [6.45, 7) is 11.8. The molecule has 0 aromatic carbocycles. The van der Waals surface area contributed by atoms with E-state index in [0.717, 1.165) is 42.1 Å². The van der Waals surface area contributed by atoms with E-state index in [1.807, 2.05) is 0 Å². The van der Waals surface area contributed by atoms with Crippen molar-refractivity contribution in [3.05, 3.63) is 11.1 Å². The van der Waals surface area contributed by atoms with Crippen LogP contribution in [0.3, 0.4) is 0 Å². The van der Waals surface area contributed by atoms with Gasteiger partial charge in [0.2, 0.25) is 0 Å². The number of rotatable bonds is 4. The maximum absolute atomic E-state index is 9.52. The molecule has 1 aromatic rings. The van der Waals surface area contributed by atoms with Gasteiger partial charge in [0.1, 0.15) is 0 Å². The summed E-state index contributed by atoms with van der Waals surface area (Å²) in [5.41, 5.74) is 0. The molecule has 4 nitrogen and oxygen atoms in total. The second-order valence-corrected chi connectivity index (χ2v) is 6.44. The van der Waals surface area contributed by atoms with Crippen LogP contribution in [0.2, 0.25) is 0 Å². The quantitative estimate of drug-likeness (QED) is 0.907. The topological polar surface area (TPSA) is 39.6 Å². The van der Waals surface area contributed by atoms with Crippen LogP contribution >= 0.6 is 11.3 Å². The number of nitrogens with zero attached hydrogens (tertiary/aromatic N) is 3. The van der Waals surface area contributed by atoms with Crippen LogP contribution in [0.25, 0.3) is 0 Å². The van der Waals surface area contributed by atoms with E-state index in [0.29, 0.717) is 0 Å². The van der Waals surface area contributed by atoms with Crippen LogP contribution in [-0.2, 0) is 0 Å². The minimum absolute atomic E-state index is 0.404. The zero-order chi connectivity index (χ0) is 13.1. The van der Waals surface area contributed by atoms with Gasteiger partial charge in [0.05, 0.1) is 11.0 Å². The summed E-state index contributed by atoms with van der Waals surface area (Å²) in [4.78, 5) is 10.2. The summed E-state index contributed by atoms with van der Waals surface area (Å²) in [5.74, 6) is 0.734. The SMILES string of the molecule is CC(C)CN1CCN(c2ncc(C(C)O)s2)CC1. The minimum Gasteiger partial charge on any atom is -0.388 e. The van der Waals surface area contributed by atoms with Crippen molar-refractivity contribution in [2.45, 2.75) is 26.9 Å². The lowest BCUT2D eigenvalue weighted by Crippen LogP contribution is -2.47. The molecule has 0 saturated carbocycles. The van der Waals surface area contributed by atoms with E-state index in [1.54, 1.807) is 24.5 Å². The first-order valence-corrected chi connectivity index (χ1v) is 7.49. The molecule has 1 atom stereocenters. The molecule has 5 heteroatoms. The Labute approximate surface area is 113 Å². The van der Waals surface area contributed by atoms with Crippen LogP contribution < -0.4 is 4.90 Å². The molecule has 0 amide bonds. The second kappa shape index (κ2) is 5.99. The molecule has 0 spiro atoms. The summed E-state index contributed by atoms with van der Waals surface area (Å²) in [7, 11) is 0. The summed E-state index contributed by atoms with van der Waals surface area (Å²) in [6, 6.07) is 0. The fourth-order valence-electron chi connectivity index (χ4n) is 2.25. The number of aromatic nitrogens is 1. The van der Waals surface area contributed by atoms with Crippen LogP contribution in [0.15, 0.2) is 6.20 Å². The van der Waals surface area contributed by atoms with E-state index < -0.39 is 6.10 Å². The summed E-state index contributed by atoms with van der Waals surface area (Å²) in [6.07, 6.45) is 1.39. The van der Waals surface area contributed by atoms with E-state index in [1.165, 1.54) is 6.54 Å². The Bertz CT molecular complexity index is 370. The molecule has 1 aliphatic heterocycles. The van der Waals surface area contributed by atoms with Crippen molar-refractivity contribution in [2.24, 2.45) is 5.92 Å². The molecule has 102 valence electrons. The van der Waals surface area contributed by atoms with Crippen molar-refractivity contribution in [3.8, 4) is 0 Å². The highest BCUT2D eigenvalue weighted by molar-refractivity contribution is 7.15. The van der Waals surface area contributed by atoms with E-state index in [-0.39, 0.29) is 0 Å². The molecule has 2 rings (SSSR count). The molecular weight excluding hydrogens is 246 g/mol. The monoisotopic (exact) mass is 269 g/mol. The van der Waals surface area contributed by atoms with E-state index in [2.05, 4.69) is 28.6 Å². The number of anilines is 1. The molecule has 0 radical (unpaired) electrons. The molecule has 1 aromatic heterocycles. The molecule has 1 fully saturated rings. The Morgan fingerprint density at radius 3 is 2.44 bits per heavy atom. The third-order valence-corrected chi connectivity index (χ3v) is 4.42. The lowest BCUT2D eigenvalue weighted by Gasteiger charge is -2.35. The molecule has 1 aliphatic rings. The third-order valence-electron chi connectivity index (χ3n) is 3.19. The van der Waals surface area contributed by atoms with Crippen LogP contribution in [-0.4, -0.2) is 47.7 Å². The summed E-state index contributed by atoms with van der Waals surface area (Å²) in [5, 5.41) is 10.6. The minimum atomic E-state index is -0.404. The van der Waals surface area contributed by atoms with Crippen LogP contribution in [0.5, 0.6) is 0 Å². The second-order valence-electron chi connectivity index (χ2n) is 5.40. The number of aliphatic hydroxyl groups excluding tert-OH is 1. The Balaban J connectivity index is 1.88. The maximum atomic E-state index is 9.52. The number of hydrogen-bond acceptors (Lipinski definition) is 5. The molecule has 0 aliphatic carbocycles. The number of thiazole rings is 1. The van der Waals surface area contributed by atoms with Crippen molar-refractivity contribution in [3.63, 3.8) is 0 Å². The van der Waals surface area contributed by atoms with Crippen molar-refractivity contribution in [1.82, 2.24) is 9.88 Å². The zero-order valence-electron chi connectivity index (χ0n) is 11.5. The third kappa shape index (κ3) is 3.43. The van der Waals surface area contributed by atoms with Gasteiger partial charge in [-0.15, -0.1) is 0 Å². The highest BCUT2D eigenvalue weighted by Crippen LogP contribution is 2.27. The average molecular weight is 269 g/mol. The molecule has 1 N–H and O–H groups in total. The van der Waals surface area contributed by atoms with Gasteiger partial charge >= 0.3 is 0 Å². The molecule has 0 bridgehead atoms.